The summed E-state index contributed by atoms with van der Waals surface area (Å²) >= 11 is 0. The Labute approximate surface area is 195 Å². The fraction of sp³-hybridized carbons (Fsp3) is 0.826. The molecule has 0 aromatic heterocycles. The minimum atomic E-state index is -1.32. The third-order valence-corrected chi connectivity index (χ3v) is 5.96. The second kappa shape index (κ2) is 12.8. The van der Waals surface area contributed by atoms with Gasteiger partial charge < -0.3 is 30.1 Å². The third kappa shape index (κ3) is 9.98. The van der Waals surface area contributed by atoms with Crippen LogP contribution in [0, 0.1) is 11.8 Å². The molecule has 0 bridgehead atoms. The molecule has 1 aliphatic carbocycles. The third-order valence-electron chi connectivity index (χ3n) is 5.96. The van der Waals surface area contributed by atoms with Crippen molar-refractivity contribution in [3.05, 3.63) is 0 Å². The van der Waals surface area contributed by atoms with Crippen LogP contribution in [0.4, 0.5) is 4.79 Å². The monoisotopic (exact) mass is 469 g/mol. The predicted octanol–water partition coefficient (Wildman–Crippen LogP) is 1.92. The van der Waals surface area contributed by atoms with E-state index in [2.05, 4.69) is 10.6 Å². The van der Waals surface area contributed by atoms with Crippen molar-refractivity contribution in [1.82, 2.24) is 15.5 Å². The van der Waals surface area contributed by atoms with Crippen LogP contribution in [0.15, 0.2) is 0 Å². The molecule has 1 saturated heterocycles. The number of carboxylic acids is 1. The first kappa shape index (κ1) is 26.9. The van der Waals surface area contributed by atoms with E-state index in [1.807, 2.05) is 0 Å². The number of carbonyl (C=O) groups is 4. The van der Waals surface area contributed by atoms with Crippen LogP contribution in [0.2, 0.25) is 0 Å². The number of carbonyl (C=O) groups excluding carboxylic acids is 3. The minimum absolute atomic E-state index is 0.0359. The number of nitrogens with zero attached hydrogens (tertiary/aromatic N) is 1. The largest absolute Gasteiger partial charge is 0.480 e. The van der Waals surface area contributed by atoms with E-state index in [1.54, 1.807) is 25.7 Å². The molecule has 1 saturated carbocycles. The molecule has 0 radical (unpaired) electrons. The lowest BCUT2D eigenvalue weighted by Gasteiger charge is -2.30. The van der Waals surface area contributed by atoms with E-state index in [-0.39, 0.29) is 18.9 Å². The van der Waals surface area contributed by atoms with Crippen molar-refractivity contribution in [2.45, 2.75) is 77.4 Å². The topological polar surface area (TPSA) is 134 Å². The summed E-state index contributed by atoms with van der Waals surface area (Å²) in [7, 11) is 0. The zero-order valence-electron chi connectivity index (χ0n) is 20.1. The molecular formula is C23H39N3O7. The van der Waals surface area contributed by atoms with Gasteiger partial charge in [0.2, 0.25) is 11.8 Å². The van der Waals surface area contributed by atoms with Crippen LogP contribution in [0.3, 0.4) is 0 Å². The Bertz CT molecular complexity index is 680. The number of alkyl carbamates (subject to hydrolysis) is 1. The number of amides is 3. The quantitative estimate of drug-likeness (QED) is 0.470. The lowest BCUT2D eigenvalue weighted by atomic mass is 9.81. The van der Waals surface area contributed by atoms with Gasteiger partial charge in [0.1, 0.15) is 11.6 Å². The number of carboxylic acid groups (broad SMARTS) is 1. The number of aliphatic carboxylic acids is 1. The van der Waals surface area contributed by atoms with Crippen molar-refractivity contribution in [1.29, 1.82) is 0 Å². The highest BCUT2D eigenvalue weighted by atomic mass is 16.6. The lowest BCUT2D eigenvalue weighted by Crippen LogP contribution is -2.51. The molecular weight excluding hydrogens is 430 g/mol. The van der Waals surface area contributed by atoms with Gasteiger partial charge in [-0.1, -0.05) is 32.1 Å². The minimum Gasteiger partial charge on any atom is -0.480 e. The molecule has 33 heavy (non-hydrogen) atoms. The van der Waals surface area contributed by atoms with Gasteiger partial charge in [-0.3, -0.25) is 9.59 Å². The van der Waals surface area contributed by atoms with Crippen LogP contribution in [-0.2, 0) is 23.9 Å². The van der Waals surface area contributed by atoms with Crippen molar-refractivity contribution in [2.75, 3.05) is 32.8 Å². The van der Waals surface area contributed by atoms with Crippen molar-refractivity contribution in [2.24, 2.45) is 11.8 Å². The number of hydrogen-bond acceptors (Lipinski definition) is 6. The van der Waals surface area contributed by atoms with E-state index < -0.39 is 35.5 Å². The maximum absolute atomic E-state index is 13.1. The van der Waals surface area contributed by atoms with Crippen LogP contribution < -0.4 is 10.6 Å². The molecule has 0 aromatic carbocycles. The highest BCUT2D eigenvalue weighted by Gasteiger charge is 2.32. The lowest BCUT2D eigenvalue weighted by molar-refractivity contribution is -0.143. The summed E-state index contributed by atoms with van der Waals surface area (Å²) in [5.41, 5.74) is -0.725. The first-order chi connectivity index (χ1) is 15.5. The molecule has 188 valence electrons. The Balaban J connectivity index is 2.00. The first-order valence-electron chi connectivity index (χ1n) is 11.9. The maximum atomic E-state index is 13.1. The molecule has 3 N–H and O–H groups in total. The van der Waals surface area contributed by atoms with Gasteiger partial charge in [-0.2, -0.15) is 0 Å². The SMILES string of the molecule is CC(C)(C)OC(=O)NCC(NC(=O)C(CC(=O)N1CCOCC1)CC1CCCCC1)C(=O)O. The van der Waals surface area contributed by atoms with Gasteiger partial charge in [-0.05, 0) is 33.1 Å². The molecule has 2 rings (SSSR count). The smallest absolute Gasteiger partial charge is 0.407 e. The summed E-state index contributed by atoms with van der Waals surface area (Å²) < 4.78 is 10.4. The normalized spacial score (nSPS) is 19.3. The number of nitrogens with one attached hydrogen (secondary N) is 2. The fourth-order valence-electron chi connectivity index (χ4n) is 4.25. The average molecular weight is 470 g/mol. The Kier molecular flexibility index (Phi) is 10.4. The molecule has 10 nitrogen and oxygen atoms in total. The van der Waals surface area contributed by atoms with E-state index in [4.69, 9.17) is 9.47 Å². The summed E-state index contributed by atoms with van der Waals surface area (Å²) in [5, 5.41) is 14.5. The van der Waals surface area contributed by atoms with Crippen LogP contribution >= 0.6 is 0 Å². The van der Waals surface area contributed by atoms with Crippen LogP contribution in [-0.4, -0.2) is 78.4 Å². The molecule has 2 atom stereocenters. The molecule has 2 unspecified atom stereocenters. The van der Waals surface area contributed by atoms with Crippen molar-refractivity contribution >= 4 is 23.9 Å². The molecule has 0 aromatic rings. The second-order valence-electron chi connectivity index (χ2n) is 9.92. The van der Waals surface area contributed by atoms with Crippen LogP contribution in [0.5, 0.6) is 0 Å². The summed E-state index contributed by atoms with van der Waals surface area (Å²) in [6.07, 6.45) is 5.24. The molecule has 0 spiro atoms. The number of ether oxygens (including phenoxy) is 2. The Morgan fingerprint density at radius 3 is 2.30 bits per heavy atom. The molecule has 2 aliphatic rings. The summed E-state index contributed by atoms with van der Waals surface area (Å²) in [6.45, 7) is 6.72. The van der Waals surface area contributed by atoms with Crippen LogP contribution in [0.25, 0.3) is 0 Å². The van der Waals surface area contributed by atoms with E-state index in [9.17, 15) is 24.3 Å². The number of rotatable bonds is 9. The molecule has 3 amide bonds. The van der Waals surface area contributed by atoms with Crippen LogP contribution in [0.1, 0.15) is 65.7 Å². The molecule has 10 heteroatoms. The Morgan fingerprint density at radius 2 is 1.73 bits per heavy atom. The van der Waals surface area contributed by atoms with Crippen molar-refractivity contribution < 1.29 is 33.8 Å². The maximum Gasteiger partial charge on any atom is 0.407 e. The average Bonchev–Trinajstić information content (AvgIpc) is 2.75. The molecule has 1 heterocycles. The van der Waals surface area contributed by atoms with Gasteiger partial charge in [0, 0.05) is 25.4 Å². The molecule has 2 fully saturated rings. The highest BCUT2D eigenvalue weighted by molar-refractivity contribution is 5.89. The van der Waals surface area contributed by atoms with Gasteiger partial charge in [0.15, 0.2) is 0 Å². The zero-order chi connectivity index (χ0) is 24.4. The van der Waals surface area contributed by atoms with E-state index in [1.165, 1.54) is 6.42 Å². The summed E-state index contributed by atoms with van der Waals surface area (Å²) in [4.78, 5) is 51.2. The standard InChI is InChI=1S/C23H39N3O7/c1-23(2,3)33-22(31)24-15-18(21(29)30)25-20(28)17(13-16-7-5-4-6-8-16)14-19(27)26-9-11-32-12-10-26/h16-18H,4-15H2,1-3H3,(H,24,31)(H,25,28)(H,29,30). The fourth-order valence-corrected chi connectivity index (χ4v) is 4.25. The summed E-state index contributed by atoms with van der Waals surface area (Å²) in [6, 6.07) is -1.32. The van der Waals surface area contributed by atoms with E-state index in [0.29, 0.717) is 38.6 Å². The van der Waals surface area contributed by atoms with Gasteiger partial charge in [0.05, 0.1) is 19.8 Å². The van der Waals surface area contributed by atoms with Crippen molar-refractivity contribution in [3.8, 4) is 0 Å². The van der Waals surface area contributed by atoms with E-state index in [0.717, 1.165) is 25.7 Å². The van der Waals surface area contributed by atoms with Gasteiger partial charge >= 0.3 is 12.1 Å². The van der Waals surface area contributed by atoms with Gasteiger partial charge in [-0.15, -0.1) is 0 Å². The van der Waals surface area contributed by atoms with E-state index >= 15 is 0 Å². The number of hydrogen-bond donors (Lipinski definition) is 3. The molecule has 1 aliphatic heterocycles. The highest BCUT2D eigenvalue weighted by Crippen LogP contribution is 2.30. The van der Waals surface area contributed by atoms with Crippen molar-refractivity contribution in [3.63, 3.8) is 0 Å². The zero-order valence-corrected chi connectivity index (χ0v) is 20.1. The predicted molar refractivity (Wildman–Crippen MR) is 121 cm³/mol. The van der Waals surface area contributed by atoms with Gasteiger partial charge in [-0.25, -0.2) is 9.59 Å². The summed E-state index contributed by atoms with van der Waals surface area (Å²) in [5.74, 6) is -2.13. The Hall–Kier alpha value is -2.36. The Morgan fingerprint density at radius 1 is 1.09 bits per heavy atom. The second-order valence-corrected chi connectivity index (χ2v) is 9.92. The first-order valence-corrected chi connectivity index (χ1v) is 11.9. The van der Waals surface area contributed by atoms with Gasteiger partial charge in [0.25, 0.3) is 0 Å². The number of morpholine rings is 1.